The molecule has 0 saturated carbocycles. The van der Waals surface area contributed by atoms with Gasteiger partial charge in [0.05, 0.1) is 18.3 Å². The second kappa shape index (κ2) is 6.91. The van der Waals surface area contributed by atoms with Crippen molar-refractivity contribution in [3.63, 3.8) is 0 Å². The van der Waals surface area contributed by atoms with Crippen molar-refractivity contribution in [1.29, 1.82) is 0 Å². The van der Waals surface area contributed by atoms with Crippen molar-refractivity contribution in [1.82, 2.24) is 14.7 Å². The first-order valence-electron chi connectivity index (χ1n) is 8.48. The average Bonchev–Trinajstić information content (AvgIpc) is 3.22. The van der Waals surface area contributed by atoms with Gasteiger partial charge in [-0.3, -0.25) is 19.5 Å². The maximum absolute atomic E-state index is 12.6. The minimum Gasteiger partial charge on any atom is -0.376 e. The molecule has 1 aliphatic heterocycles. The summed E-state index contributed by atoms with van der Waals surface area (Å²) in [7, 11) is 0. The van der Waals surface area contributed by atoms with E-state index in [1.54, 1.807) is 6.07 Å². The number of carbonyl (C=O) groups excluding carboxylic acids is 1. The minimum atomic E-state index is -0.677. The fraction of sp³-hybridized carbons (Fsp3) is 0.529. The van der Waals surface area contributed by atoms with Gasteiger partial charge in [-0.05, 0) is 12.8 Å². The van der Waals surface area contributed by atoms with Crippen LogP contribution < -0.4 is 16.6 Å². The molecule has 1 unspecified atom stereocenters. The predicted molar refractivity (Wildman–Crippen MR) is 93.5 cm³/mol. The molecule has 1 fully saturated rings. The molecule has 0 aliphatic carbocycles. The smallest absolute Gasteiger partial charge is 0.328 e. The number of nitrogens with zero attached hydrogens (tertiary/aromatic N) is 2. The monoisotopic (exact) mass is 362 g/mol. The van der Waals surface area contributed by atoms with Gasteiger partial charge in [0.1, 0.15) is 5.56 Å². The summed E-state index contributed by atoms with van der Waals surface area (Å²) in [5.41, 5.74) is -0.992. The Bertz CT molecular complexity index is 912. The van der Waals surface area contributed by atoms with Crippen molar-refractivity contribution in [2.45, 2.75) is 51.7 Å². The Balaban J connectivity index is 1.82. The van der Waals surface area contributed by atoms with Crippen molar-refractivity contribution >= 4 is 11.8 Å². The Morgan fingerprint density at radius 3 is 2.81 bits per heavy atom. The summed E-state index contributed by atoms with van der Waals surface area (Å²) in [6, 6.07) is 1.61. The first-order valence-corrected chi connectivity index (χ1v) is 8.48. The summed E-state index contributed by atoms with van der Waals surface area (Å²) < 4.78 is 11.6. The number of amides is 1. The number of rotatable bonds is 4. The van der Waals surface area contributed by atoms with E-state index in [1.165, 1.54) is 0 Å². The molecular formula is C17H22N4O5. The van der Waals surface area contributed by atoms with Crippen LogP contribution in [0.25, 0.3) is 0 Å². The van der Waals surface area contributed by atoms with Crippen molar-refractivity contribution in [3.05, 3.63) is 44.4 Å². The molecule has 140 valence electrons. The lowest BCUT2D eigenvalue weighted by molar-refractivity contribution is 0.0941. The van der Waals surface area contributed by atoms with Crippen molar-refractivity contribution in [3.8, 4) is 0 Å². The van der Waals surface area contributed by atoms with Gasteiger partial charge >= 0.3 is 5.69 Å². The molecule has 1 aliphatic rings. The largest absolute Gasteiger partial charge is 0.376 e. The van der Waals surface area contributed by atoms with Gasteiger partial charge in [-0.2, -0.15) is 0 Å². The third kappa shape index (κ3) is 3.77. The Labute approximate surface area is 149 Å². The van der Waals surface area contributed by atoms with Gasteiger partial charge < -0.3 is 14.2 Å². The quantitative estimate of drug-likeness (QED) is 0.845. The normalized spacial score (nSPS) is 17.4. The third-order valence-electron chi connectivity index (χ3n) is 4.23. The summed E-state index contributed by atoms with van der Waals surface area (Å²) >= 11 is 0. The molecular weight excluding hydrogens is 340 g/mol. The second-order valence-electron chi connectivity index (χ2n) is 7.34. The molecule has 3 rings (SSSR count). The fourth-order valence-electron chi connectivity index (χ4n) is 2.70. The van der Waals surface area contributed by atoms with E-state index in [9.17, 15) is 14.4 Å². The van der Waals surface area contributed by atoms with E-state index in [1.807, 2.05) is 20.8 Å². The number of ether oxygens (including phenoxy) is 1. The van der Waals surface area contributed by atoms with Crippen LogP contribution in [-0.4, -0.2) is 33.3 Å². The van der Waals surface area contributed by atoms with Crippen LogP contribution in [0.2, 0.25) is 0 Å². The molecule has 2 aromatic rings. The zero-order valence-corrected chi connectivity index (χ0v) is 15.0. The topological polar surface area (TPSA) is 119 Å². The molecule has 1 amide bonds. The second-order valence-corrected chi connectivity index (χ2v) is 7.34. The fourth-order valence-corrected chi connectivity index (χ4v) is 2.70. The number of H-pyrrole nitrogens is 1. The van der Waals surface area contributed by atoms with Crippen LogP contribution in [0.3, 0.4) is 0 Å². The maximum Gasteiger partial charge on any atom is 0.328 e. The molecule has 2 N–H and O–H groups in total. The number of aromatic nitrogens is 3. The number of anilines is 1. The third-order valence-corrected chi connectivity index (χ3v) is 4.23. The molecule has 0 aromatic carbocycles. The van der Waals surface area contributed by atoms with Gasteiger partial charge in [0.15, 0.2) is 0 Å². The Hall–Kier alpha value is -2.68. The van der Waals surface area contributed by atoms with Crippen LogP contribution in [0.1, 0.15) is 49.7 Å². The minimum absolute atomic E-state index is 0.117. The van der Waals surface area contributed by atoms with Crippen molar-refractivity contribution in [2.24, 2.45) is 0 Å². The van der Waals surface area contributed by atoms with Crippen molar-refractivity contribution < 1.29 is 14.1 Å². The first kappa shape index (κ1) is 18.1. The summed E-state index contributed by atoms with van der Waals surface area (Å²) in [5.74, 6) is -0.542. The van der Waals surface area contributed by atoms with E-state index >= 15 is 0 Å². The van der Waals surface area contributed by atoms with E-state index in [0.29, 0.717) is 12.3 Å². The van der Waals surface area contributed by atoms with Gasteiger partial charge in [0.2, 0.25) is 5.88 Å². The number of hydrogen-bond donors (Lipinski definition) is 2. The maximum atomic E-state index is 12.6. The summed E-state index contributed by atoms with van der Waals surface area (Å²) in [6.07, 6.45) is 2.57. The highest BCUT2D eigenvalue weighted by Crippen LogP contribution is 2.23. The lowest BCUT2D eigenvalue weighted by Crippen LogP contribution is -2.41. The van der Waals surface area contributed by atoms with Gasteiger partial charge in [-0.1, -0.05) is 25.9 Å². The molecule has 2 aromatic heterocycles. The number of aromatic amines is 1. The van der Waals surface area contributed by atoms with Gasteiger partial charge in [0.25, 0.3) is 11.5 Å². The van der Waals surface area contributed by atoms with Crippen molar-refractivity contribution in [2.75, 3.05) is 11.9 Å². The van der Waals surface area contributed by atoms with Crippen LogP contribution >= 0.6 is 0 Å². The van der Waals surface area contributed by atoms with E-state index in [-0.39, 0.29) is 29.5 Å². The standard InChI is InChI=1S/C17H22N4O5/c1-17(2,3)12-7-13(26-20-12)19-14(22)11-8-18-16(24)21(15(11)23)9-10-5-4-6-25-10/h7-8,10H,4-6,9H2,1-3H3,(H,18,24)(H,19,22). The molecule has 3 heterocycles. The van der Waals surface area contributed by atoms with Gasteiger partial charge in [-0.25, -0.2) is 4.79 Å². The Morgan fingerprint density at radius 2 is 2.19 bits per heavy atom. The van der Waals surface area contributed by atoms with Crippen LogP contribution in [0, 0.1) is 0 Å². The number of carbonyl (C=O) groups is 1. The lowest BCUT2D eigenvalue weighted by atomic mass is 9.92. The molecule has 9 nitrogen and oxygen atoms in total. The molecule has 26 heavy (non-hydrogen) atoms. The first-order chi connectivity index (χ1) is 12.3. The van der Waals surface area contributed by atoms with E-state index in [2.05, 4.69) is 15.5 Å². The van der Waals surface area contributed by atoms with E-state index in [0.717, 1.165) is 23.6 Å². The highest BCUT2D eigenvalue weighted by molar-refractivity contribution is 6.03. The molecule has 9 heteroatoms. The van der Waals surface area contributed by atoms with Gasteiger partial charge in [0, 0.05) is 24.3 Å². The zero-order valence-electron chi connectivity index (χ0n) is 15.0. The number of hydrogen-bond acceptors (Lipinski definition) is 6. The van der Waals surface area contributed by atoms with Crippen LogP contribution in [0.5, 0.6) is 0 Å². The summed E-state index contributed by atoms with van der Waals surface area (Å²) in [4.78, 5) is 39.4. The predicted octanol–water partition coefficient (Wildman–Crippen LogP) is 1.25. The molecule has 0 radical (unpaired) electrons. The van der Waals surface area contributed by atoms with Crippen LogP contribution in [0.4, 0.5) is 5.88 Å². The van der Waals surface area contributed by atoms with Crippen LogP contribution in [0.15, 0.2) is 26.4 Å². The lowest BCUT2D eigenvalue weighted by Gasteiger charge is -2.12. The molecule has 1 saturated heterocycles. The summed E-state index contributed by atoms with van der Waals surface area (Å²) in [6.45, 7) is 6.61. The molecule has 1 atom stereocenters. The SMILES string of the molecule is CC(C)(C)c1cc(NC(=O)c2c[nH]c(=O)n(CC3CCCO3)c2=O)on1. The Morgan fingerprint density at radius 1 is 1.42 bits per heavy atom. The molecule has 0 spiro atoms. The molecule has 0 bridgehead atoms. The highest BCUT2D eigenvalue weighted by atomic mass is 16.5. The Kier molecular flexibility index (Phi) is 4.82. The van der Waals surface area contributed by atoms with Crippen LogP contribution in [-0.2, 0) is 16.7 Å². The summed E-state index contributed by atoms with van der Waals surface area (Å²) in [5, 5.41) is 6.41. The average molecular weight is 362 g/mol. The zero-order chi connectivity index (χ0) is 18.9. The van der Waals surface area contributed by atoms with E-state index in [4.69, 9.17) is 9.26 Å². The van der Waals surface area contributed by atoms with Gasteiger partial charge in [-0.15, -0.1) is 0 Å². The number of nitrogens with one attached hydrogen (secondary N) is 2. The van der Waals surface area contributed by atoms with E-state index < -0.39 is 17.2 Å². The highest BCUT2D eigenvalue weighted by Gasteiger charge is 2.23.